The summed E-state index contributed by atoms with van der Waals surface area (Å²) in [6.45, 7) is 5.59. The first-order valence-corrected chi connectivity index (χ1v) is 13.1. The predicted octanol–water partition coefficient (Wildman–Crippen LogP) is 2.07. The number of para-hydroxylation sites is 1. The Hall–Kier alpha value is -4.38. The van der Waals surface area contributed by atoms with Gasteiger partial charge in [-0.1, -0.05) is 35.6 Å². The molecule has 10 nitrogen and oxygen atoms in total. The van der Waals surface area contributed by atoms with E-state index in [4.69, 9.17) is 24.7 Å². The number of primary amides is 1. The number of ether oxygens (including phenoxy) is 4. The van der Waals surface area contributed by atoms with E-state index in [-0.39, 0.29) is 24.3 Å². The molecule has 0 saturated carbocycles. The minimum absolute atomic E-state index is 0.169. The third-order valence-electron chi connectivity index (χ3n) is 5.89. The summed E-state index contributed by atoms with van der Waals surface area (Å²) in [4.78, 5) is 43.1. The fraction of sp³-hybridized carbons (Fsp3) is 0.286. The summed E-state index contributed by atoms with van der Waals surface area (Å²) in [5.74, 6) is 0.257. The van der Waals surface area contributed by atoms with E-state index in [9.17, 15) is 14.4 Å². The molecule has 1 aromatic heterocycles. The number of nitrogens with zero attached hydrogens (tertiary/aromatic N) is 2. The molecule has 39 heavy (non-hydrogen) atoms. The normalized spacial score (nSPS) is 14.9. The van der Waals surface area contributed by atoms with Crippen LogP contribution in [0.1, 0.15) is 37.9 Å². The van der Waals surface area contributed by atoms with Crippen LogP contribution >= 0.6 is 11.3 Å². The summed E-state index contributed by atoms with van der Waals surface area (Å²) < 4.78 is 24.1. The molecule has 0 radical (unpaired) electrons. The molecule has 1 aliphatic heterocycles. The van der Waals surface area contributed by atoms with Gasteiger partial charge in [-0.25, -0.2) is 9.79 Å². The zero-order valence-electron chi connectivity index (χ0n) is 22.1. The Balaban J connectivity index is 1.89. The molecule has 3 aromatic rings. The fourth-order valence-corrected chi connectivity index (χ4v) is 5.31. The summed E-state index contributed by atoms with van der Waals surface area (Å²) in [7, 11) is 1.53. The van der Waals surface area contributed by atoms with Crippen molar-refractivity contribution >= 4 is 29.3 Å². The second-order valence-corrected chi connectivity index (χ2v) is 9.45. The largest absolute Gasteiger partial charge is 0.493 e. The van der Waals surface area contributed by atoms with Crippen molar-refractivity contribution in [1.29, 1.82) is 0 Å². The lowest BCUT2D eigenvalue weighted by molar-refractivity contribution is -0.139. The molecule has 4 rings (SSSR count). The van der Waals surface area contributed by atoms with Gasteiger partial charge < -0.3 is 24.7 Å². The average Bonchev–Trinajstić information content (AvgIpc) is 3.22. The number of methoxy groups -OCH3 is 1. The molecule has 2 heterocycles. The van der Waals surface area contributed by atoms with Crippen LogP contribution in [0.4, 0.5) is 0 Å². The number of allylic oxidation sites excluding steroid dienone is 1. The van der Waals surface area contributed by atoms with E-state index in [1.165, 1.54) is 23.0 Å². The maximum atomic E-state index is 13.9. The fourth-order valence-electron chi connectivity index (χ4n) is 4.26. The van der Waals surface area contributed by atoms with Crippen LogP contribution in [0.25, 0.3) is 6.08 Å². The van der Waals surface area contributed by atoms with Crippen molar-refractivity contribution in [2.24, 2.45) is 10.7 Å². The molecule has 1 atom stereocenters. The van der Waals surface area contributed by atoms with Gasteiger partial charge in [0, 0.05) is 5.56 Å². The summed E-state index contributed by atoms with van der Waals surface area (Å²) in [6, 6.07) is 11.4. The minimum Gasteiger partial charge on any atom is -0.493 e. The number of carbonyl (C=O) groups excluding carboxylic acids is 2. The molecule has 2 N–H and O–H groups in total. The number of esters is 1. The second-order valence-electron chi connectivity index (χ2n) is 8.44. The Labute approximate surface area is 228 Å². The van der Waals surface area contributed by atoms with Crippen molar-refractivity contribution in [3.63, 3.8) is 0 Å². The van der Waals surface area contributed by atoms with Crippen LogP contribution in [-0.2, 0) is 14.3 Å². The number of carbonyl (C=O) groups is 2. The molecule has 0 bridgehead atoms. The van der Waals surface area contributed by atoms with Crippen molar-refractivity contribution in [2.45, 2.75) is 26.8 Å². The maximum Gasteiger partial charge on any atom is 0.338 e. The first-order valence-electron chi connectivity index (χ1n) is 12.3. The van der Waals surface area contributed by atoms with Gasteiger partial charge in [0.2, 0.25) is 0 Å². The van der Waals surface area contributed by atoms with E-state index < -0.39 is 17.9 Å². The third-order valence-corrected chi connectivity index (χ3v) is 6.87. The number of hydrogen-bond acceptors (Lipinski definition) is 9. The minimum atomic E-state index is -0.844. The lowest BCUT2D eigenvalue weighted by Gasteiger charge is -2.26. The van der Waals surface area contributed by atoms with Gasteiger partial charge in [-0.3, -0.25) is 14.2 Å². The molecule has 1 amide bonds. The molecule has 204 valence electrons. The molecule has 0 unspecified atom stereocenters. The van der Waals surface area contributed by atoms with Gasteiger partial charge in [0.25, 0.3) is 11.5 Å². The molecular weight excluding hydrogens is 522 g/mol. The Morgan fingerprint density at radius 2 is 1.85 bits per heavy atom. The second kappa shape index (κ2) is 12.0. The van der Waals surface area contributed by atoms with E-state index in [0.717, 1.165) is 5.56 Å². The van der Waals surface area contributed by atoms with Gasteiger partial charge in [0.05, 0.1) is 36.1 Å². The Bertz CT molecular complexity index is 1600. The summed E-state index contributed by atoms with van der Waals surface area (Å²) in [6.07, 6.45) is 1.73. The molecule has 1 aliphatic rings. The first kappa shape index (κ1) is 27.6. The summed E-state index contributed by atoms with van der Waals surface area (Å²) in [5.41, 5.74) is 6.82. The maximum absolute atomic E-state index is 13.9. The monoisotopic (exact) mass is 551 g/mol. The van der Waals surface area contributed by atoms with Crippen LogP contribution in [0.5, 0.6) is 17.2 Å². The van der Waals surface area contributed by atoms with Crippen molar-refractivity contribution in [1.82, 2.24) is 4.57 Å². The molecule has 0 aliphatic carbocycles. The van der Waals surface area contributed by atoms with Crippen molar-refractivity contribution in [3.8, 4) is 17.2 Å². The highest BCUT2D eigenvalue weighted by Gasteiger charge is 2.35. The number of nitrogens with two attached hydrogens (primary N) is 1. The highest BCUT2D eigenvalue weighted by Crippen LogP contribution is 2.40. The van der Waals surface area contributed by atoms with Crippen molar-refractivity contribution < 1.29 is 28.5 Å². The van der Waals surface area contributed by atoms with Crippen LogP contribution in [0.3, 0.4) is 0 Å². The van der Waals surface area contributed by atoms with Crippen LogP contribution in [-0.4, -0.2) is 43.4 Å². The van der Waals surface area contributed by atoms with Crippen LogP contribution < -0.4 is 34.8 Å². The lowest BCUT2D eigenvalue weighted by atomic mass is 9.94. The number of benzene rings is 2. The highest BCUT2D eigenvalue weighted by atomic mass is 32.1. The van der Waals surface area contributed by atoms with Crippen LogP contribution in [0.15, 0.2) is 63.5 Å². The molecule has 0 saturated heterocycles. The first-order chi connectivity index (χ1) is 18.8. The molecule has 11 heteroatoms. The zero-order valence-corrected chi connectivity index (χ0v) is 22.9. The van der Waals surface area contributed by atoms with Crippen molar-refractivity contribution in [2.75, 3.05) is 26.9 Å². The van der Waals surface area contributed by atoms with Crippen LogP contribution in [0, 0.1) is 0 Å². The van der Waals surface area contributed by atoms with Gasteiger partial charge in [-0.05, 0) is 50.6 Å². The number of hydrogen-bond donors (Lipinski definition) is 1. The molecular formula is C28H29N3O7S. The lowest BCUT2D eigenvalue weighted by Crippen LogP contribution is -2.40. The van der Waals surface area contributed by atoms with E-state index in [0.29, 0.717) is 44.4 Å². The molecule has 2 aromatic carbocycles. The van der Waals surface area contributed by atoms with Gasteiger partial charge in [-0.15, -0.1) is 0 Å². The topological polar surface area (TPSA) is 131 Å². The SMILES string of the molecule is CCOC(=O)C1=C(C)N=c2s/c(=C/c3ccc(OCC(N)=O)cc3)c(=O)n2[C@H]1c1cccc(OC)c1OCC. The standard InChI is InChI=1S/C28H29N3O7S/c1-5-36-25-19(8-7-9-20(25)35-4)24-23(27(34)37-6-2)16(3)30-28-31(24)26(33)21(39-28)14-17-10-12-18(13-11-17)38-15-22(29)32/h7-14,24H,5-6,15H2,1-4H3,(H2,29,32)/b21-14+/t24-/m0/s1. The number of aromatic nitrogens is 1. The highest BCUT2D eigenvalue weighted by molar-refractivity contribution is 7.07. The van der Waals surface area contributed by atoms with Gasteiger partial charge in [-0.2, -0.15) is 0 Å². The average molecular weight is 552 g/mol. The number of amides is 1. The number of rotatable bonds is 10. The van der Waals surface area contributed by atoms with Gasteiger partial charge in [0.15, 0.2) is 22.9 Å². The Kier molecular flexibility index (Phi) is 8.50. The van der Waals surface area contributed by atoms with E-state index >= 15 is 0 Å². The van der Waals surface area contributed by atoms with Crippen molar-refractivity contribution in [3.05, 3.63) is 84.5 Å². The number of thiazole rings is 1. The van der Waals surface area contributed by atoms with E-state index in [1.807, 2.05) is 6.92 Å². The number of fused-ring (bicyclic) bond motifs is 1. The predicted molar refractivity (Wildman–Crippen MR) is 146 cm³/mol. The third kappa shape index (κ3) is 5.73. The quantitative estimate of drug-likeness (QED) is 0.382. The molecule has 0 fully saturated rings. The van der Waals surface area contributed by atoms with Gasteiger partial charge in [0.1, 0.15) is 11.8 Å². The van der Waals surface area contributed by atoms with E-state index in [2.05, 4.69) is 4.99 Å². The Morgan fingerprint density at radius 3 is 2.49 bits per heavy atom. The molecule has 0 spiro atoms. The van der Waals surface area contributed by atoms with E-state index in [1.54, 1.807) is 62.4 Å². The summed E-state index contributed by atoms with van der Waals surface area (Å²) >= 11 is 1.21. The zero-order chi connectivity index (χ0) is 28.1. The van der Waals surface area contributed by atoms with Crippen LogP contribution in [0.2, 0.25) is 0 Å². The van der Waals surface area contributed by atoms with Gasteiger partial charge >= 0.3 is 5.97 Å². The smallest absolute Gasteiger partial charge is 0.338 e. The summed E-state index contributed by atoms with van der Waals surface area (Å²) in [5, 5.41) is 0. The Morgan fingerprint density at radius 1 is 1.10 bits per heavy atom.